The highest BCUT2D eigenvalue weighted by Crippen LogP contribution is 2.24. The first-order chi connectivity index (χ1) is 41.0. The zero-order valence-electron chi connectivity index (χ0n) is 61.4. The summed E-state index contributed by atoms with van der Waals surface area (Å²) < 4.78 is 0. The molecule has 0 bridgehead atoms. The quantitative estimate of drug-likeness (QED) is 0.0421. The van der Waals surface area contributed by atoms with Gasteiger partial charge >= 0.3 is 0 Å². The highest BCUT2D eigenvalue weighted by Gasteiger charge is 2.08. The molecule has 0 radical (unpaired) electrons. The van der Waals surface area contributed by atoms with Crippen molar-refractivity contribution in [3.8, 4) is 0 Å². The van der Waals surface area contributed by atoms with Gasteiger partial charge in [-0.25, -0.2) is 0 Å². The second-order valence-electron chi connectivity index (χ2n) is 26.3. The van der Waals surface area contributed by atoms with Crippen molar-refractivity contribution < 1.29 is 0 Å². The Bertz CT molecular complexity index is 1160. The fourth-order valence-electron chi connectivity index (χ4n) is 11.4. The molecular formula is C84H168. The van der Waals surface area contributed by atoms with Crippen LogP contribution in [0.5, 0.6) is 0 Å². The molecule has 5 unspecified atom stereocenters. The van der Waals surface area contributed by atoms with E-state index in [0.717, 1.165) is 29.6 Å². The molecule has 0 heterocycles. The first kappa shape index (κ1) is 93.6. The Morgan fingerprint density at radius 2 is 0.607 bits per heavy atom. The van der Waals surface area contributed by atoms with Crippen LogP contribution < -0.4 is 0 Å². The summed E-state index contributed by atoms with van der Waals surface area (Å²) in [6.45, 7) is 50.7. The molecule has 0 N–H and O–H groups in total. The minimum absolute atomic E-state index is 0.790. The minimum atomic E-state index is 0.790. The molecule has 0 saturated heterocycles. The minimum Gasteiger partial charge on any atom is -0.103 e. The number of hydrogen-bond acceptors (Lipinski definition) is 0. The Morgan fingerprint density at radius 3 is 1.00 bits per heavy atom. The summed E-state index contributed by atoms with van der Waals surface area (Å²) in [6, 6.07) is 0. The maximum absolute atomic E-state index is 4.15. The van der Waals surface area contributed by atoms with Crippen LogP contribution >= 0.6 is 0 Å². The average Bonchev–Trinajstić information content (AvgIpc) is 3.50. The summed E-state index contributed by atoms with van der Waals surface area (Å²) in [4.78, 5) is 0. The average molecular weight is 1180 g/mol. The smallest absolute Gasteiger partial charge is 0.0236 e. The third-order valence-corrected chi connectivity index (χ3v) is 17.6. The van der Waals surface area contributed by atoms with Crippen molar-refractivity contribution in [1.82, 2.24) is 0 Å². The lowest BCUT2D eigenvalue weighted by molar-refractivity contribution is 0.398. The largest absolute Gasteiger partial charge is 0.103 e. The summed E-state index contributed by atoms with van der Waals surface area (Å²) in [5, 5.41) is 0. The van der Waals surface area contributed by atoms with Gasteiger partial charge in [-0.2, -0.15) is 0 Å². The summed E-state index contributed by atoms with van der Waals surface area (Å²) in [7, 11) is 0. The first-order valence-electron chi connectivity index (χ1n) is 38.7. The fourth-order valence-corrected chi connectivity index (χ4v) is 11.4. The summed E-state index contributed by atoms with van der Waals surface area (Å²) in [6.07, 6.45) is 86.0. The second kappa shape index (κ2) is 90.2. The van der Waals surface area contributed by atoms with E-state index in [1.165, 1.54) is 359 Å². The van der Waals surface area contributed by atoms with Crippen LogP contribution in [0.4, 0.5) is 0 Å². The van der Waals surface area contributed by atoms with Crippen LogP contribution in [-0.2, 0) is 0 Å². The molecule has 0 aliphatic rings. The molecule has 0 fully saturated rings. The molecule has 0 aromatic carbocycles. The maximum atomic E-state index is 4.15. The monoisotopic (exact) mass is 1180 g/mol. The van der Waals surface area contributed by atoms with E-state index in [1.54, 1.807) is 0 Å². The Balaban J connectivity index is -0.000000217. The van der Waals surface area contributed by atoms with Crippen LogP contribution in [0, 0.1) is 29.6 Å². The molecule has 84 heavy (non-hydrogen) atoms. The van der Waals surface area contributed by atoms with E-state index in [1.807, 2.05) is 12.2 Å². The molecule has 5 atom stereocenters. The topological polar surface area (TPSA) is 0 Å². The van der Waals surface area contributed by atoms with E-state index in [-0.39, 0.29) is 0 Å². The highest BCUT2D eigenvalue weighted by molar-refractivity contribution is 4.93. The van der Waals surface area contributed by atoms with Gasteiger partial charge in [-0.3, -0.25) is 0 Å². The van der Waals surface area contributed by atoms with Crippen molar-refractivity contribution in [2.75, 3.05) is 0 Å². The van der Waals surface area contributed by atoms with Gasteiger partial charge in [0.1, 0.15) is 0 Å². The molecule has 0 rings (SSSR count). The van der Waals surface area contributed by atoms with Gasteiger partial charge in [0.15, 0.2) is 0 Å². The molecule has 0 aromatic heterocycles. The van der Waals surface area contributed by atoms with E-state index in [9.17, 15) is 0 Å². The van der Waals surface area contributed by atoms with Crippen molar-refractivity contribution in [2.45, 2.75) is 436 Å². The molecule has 0 aliphatic carbocycles. The molecule has 504 valence electrons. The summed E-state index contributed by atoms with van der Waals surface area (Å²) >= 11 is 0. The van der Waals surface area contributed by atoms with Crippen molar-refractivity contribution >= 4 is 0 Å². The van der Waals surface area contributed by atoms with Gasteiger partial charge in [0.25, 0.3) is 0 Å². The predicted molar refractivity (Wildman–Crippen MR) is 400 cm³/mol. The SMILES string of the molecule is C=C(CCCCCC)CCCCCC.C=CC(CCCCC)CCCCCC.C=CCC(CCCC)CCCCCC.C=CCCC(CCC)CCCCCC.C=CCCCC(CC)CCCCCC.C=CCCCCC(C)CCCCCC. The molecular weight excluding hydrogens is 1010 g/mol. The Kier molecular flexibility index (Phi) is 100. The first-order valence-corrected chi connectivity index (χ1v) is 38.7. The lowest BCUT2D eigenvalue weighted by atomic mass is 9.92. The van der Waals surface area contributed by atoms with Crippen LogP contribution in [-0.4, -0.2) is 0 Å². The molecule has 0 aromatic rings. The van der Waals surface area contributed by atoms with Crippen molar-refractivity contribution in [1.29, 1.82) is 0 Å². The lowest BCUT2D eigenvalue weighted by Gasteiger charge is -2.14. The summed E-state index contributed by atoms with van der Waals surface area (Å²) in [5.41, 5.74) is 1.48. The molecule has 0 saturated carbocycles. The molecule has 0 heteroatoms. The summed E-state index contributed by atoms with van der Waals surface area (Å²) in [5.74, 6) is 4.60. The van der Waals surface area contributed by atoms with Gasteiger partial charge in [-0.05, 0) is 113 Å². The van der Waals surface area contributed by atoms with Gasteiger partial charge in [0.05, 0.1) is 0 Å². The van der Waals surface area contributed by atoms with E-state index < -0.39 is 0 Å². The zero-order chi connectivity index (χ0) is 63.9. The van der Waals surface area contributed by atoms with E-state index in [4.69, 9.17) is 0 Å². The van der Waals surface area contributed by atoms with Gasteiger partial charge in [0, 0.05) is 0 Å². The Hall–Kier alpha value is -1.56. The fraction of sp³-hybridized carbons (Fsp3) is 0.857. The Morgan fingerprint density at radius 1 is 0.274 bits per heavy atom. The number of hydrogen-bond donors (Lipinski definition) is 0. The lowest BCUT2D eigenvalue weighted by Crippen LogP contribution is -1.99. The van der Waals surface area contributed by atoms with Crippen LogP contribution in [0.25, 0.3) is 0 Å². The van der Waals surface area contributed by atoms with Crippen molar-refractivity contribution in [3.05, 3.63) is 75.4 Å². The molecule has 0 spiro atoms. The standard InChI is InChI=1S/6C14H28/c2*1-4-6-8-10-12-14(3)13-11-9-7-5-2;2*1-4-7-9-10-13-14(11-6-3)12-8-5-2;2*1-4-7-9-11-13-14(6-3)12-10-8-5-2/h3-13H2,1-2H3;4,14H,1,5-13H2,2-3H3;6,14H,3-5,7-13H2,1-2H3;5,14H,2,4,6-13H2,1,3H3;6,14H,3-5,7-13H2,1-2H3;5,14H,2,4,6-13H2,1,3H3. The normalized spacial score (nSPS) is 12.3. The van der Waals surface area contributed by atoms with Gasteiger partial charge in [0.2, 0.25) is 0 Å². The van der Waals surface area contributed by atoms with E-state index in [0.29, 0.717) is 0 Å². The van der Waals surface area contributed by atoms with Crippen molar-refractivity contribution in [2.24, 2.45) is 29.6 Å². The van der Waals surface area contributed by atoms with Crippen LogP contribution in [0.15, 0.2) is 75.4 Å². The Labute approximate surface area is 538 Å². The van der Waals surface area contributed by atoms with Gasteiger partial charge < -0.3 is 0 Å². The second-order valence-corrected chi connectivity index (χ2v) is 26.3. The third-order valence-electron chi connectivity index (χ3n) is 17.6. The number of rotatable bonds is 60. The maximum Gasteiger partial charge on any atom is -0.0236 e. The van der Waals surface area contributed by atoms with Gasteiger partial charge in [-0.15, -0.1) is 32.9 Å². The van der Waals surface area contributed by atoms with Crippen LogP contribution in [0.2, 0.25) is 0 Å². The third kappa shape index (κ3) is 91.6. The predicted octanol–water partition coefficient (Wildman–Crippen LogP) is 32.2. The van der Waals surface area contributed by atoms with E-state index in [2.05, 4.69) is 141 Å². The van der Waals surface area contributed by atoms with Crippen LogP contribution in [0.1, 0.15) is 436 Å². The molecule has 0 aliphatic heterocycles. The zero-order valence-corrected chi connectivity index (χ0v) is 61.4. The van der Waals surface area contributed by atoms with Crippen LogP contribution in [0.3, 0.4) is 0 Å². The number of unbranched alkanes of at least 4 members (excludes halogenated alkanes) is 27. The van der Waals surface area contributed by atoms with Crippen molar-refractivity contribution in [3.63, 3.8) is 0 Å². The van der Waals surface area contributed by atoms with E-state index >= 15 is 0 Å². The molecule has 0 amide bonds. The highest BCUT2D eigenvalue weighted by atomic mass is 14.1. The molecule has 0 nitrogen and oxygen atoms in total. The number of allylic oxidation sites excluding steroid dienone is 6. The van der Waals surface area contributed by atoms with Gasteiger partial charge in [-0.1, -0.05) is 395 Å².